The highest BCUT2D eigenvalue weighted by Gasteiger charge is 2.43. The van der Waals surface area contributed by atoms with Crippen LogP contribution in [0.3, 0.4) is 0 Å². The molecule has 3 N–H and O–H groups in total. The number of hydrogen-bond donors (Lipinski definition) is 3. The molecule has 0 amide bonds. The first kappa shape index (κ1) is 11.4. The van der Waals surface area contributed by atoms with Gasteiger partial charge in [0, 0.05) is 38.3 Å². The average molecular weight is 239 g/mol. The Morgan fingerprint density at radius 1 is 1.41 bits per heavy atom. The Hall–Kier alpha value is -0.650. The third kappa shape index (κ3) is 2.46. The lowest BCUT2D eigenvalue weighted by Crippen LogP contribution is -2.70. The van der Waals surface area contributed by atoms with Gasteiger partial charge in [-0.15, -0.1) is 0 Å². The van der Waals surface area contributed by atoms with Crippen LogP contribution in [0.15, 0.2) is 0 Å². The molecular weight excluding hydrogens is 218 g/mol. The molecule has 3 rings (SSSR count). The van der Waals surface area contributed by atoms with Crippen LogP contribution in [0.1, 0.15) is 25.7 Å². The van der Waals surface area contributed by atoms with Gasteiger partial charge in [0.25, 0.3) is 0 Å². The molecule has 0 radical (unpaired) electrons. The lowest BCUT2D eigenvalue weighted by Gasteiger charge is -2.44. The van der Waals surface area contributed by atoms with Gasteiger partial charge in [0.2, 0.25) is 0 Å². The summed E-state index contributed by atoms with van der Waals surface area (Å²) in [5.74, 6) is -0.698. The van der Waals surface area contributed by atoms with Gasteiger partial charge in [0.05, 0.1) is 12.0 Å². The molecule has 2 saturated heterocycles. The summed E-state index contributed by atoms with van der Waals surface area (Å²) in [6.45, 7) is 3.86. The fourth-order valence-electron chi connectivity index (χ4n) is 3.10. The molecule has 0 aromatic carbocycles. The molecular formula is C12H21N3O2. The molecule has 1 aliphatic carbocycles. The van der Waals surface area contributed by atoms with Gasteiger partial charge >= 0.3 is 5.97 Å². The first-order valence-electron chi connectivity index (χ1n) is 6.61. The first-order valence-corrected chi connectivity index (χ1v) is 6.61. The van der Waals surface area contributed by atoms with E-state index in [-0.39, 0.29) is 12.0 Å². The minimum atomic E-state index is -0.698. The summed E-state index contributed by atoms with van der Waals surface area (Å²) in [7, 11) is 0. The molecule has 1 unspecified atom stereocenters. The predicted octanol–water partition coefficient (Wildman–Crippen LogP) is -0.371. The van der Waals surface area contributed by atoms with Gasteiger partial charge in [-0.2, -0.15) is 0 Å². The van der Waals surface area contributed by atoms with E-state index in [2.05, 4.69) is 15.5 Å². The molecule has 1 saturated carbocycles. The zero-order valence-corrected chi connectivity index (χ0v) is 10.1. The summed E-state index contributed by atoms with van der Waals surface area (Å²) in [5, 5.41) is 15.7. The van der Waals surface area contributed by atoms with E-state index in [0.717, 1.165) is 32.1 Å². The van der Waals surface area contributed by atoms with Crippen molar-refractivity contribution < 1.29 is 9.90 Å². The van der Waals surface area contributed by atoms with Crippen molar-refractivity contribution in [2.45, 2.75) is 43.3 Å². The fourth-order valence-corrected chi connectivity index (χ4v) is 3.10. The van der Waals surface area contributed by atoms with E-state index in [1.807, 2.05) is 0 Å². The summed E-state index contributed by atoms with van der Waals surface area (Å²) in [6.07, 6.45) is 4.11. The highest BCUT2D eigenvalue weighted by molar-refractivity contribution is 5.68. The van der Waals surface area contributed by atoms with E-state index in [1.54, 1.807) is 0 Å². The van der Waals surface area contributed by atoms with Gasteiger partial charge in [-0.05, 0) is 19.3 Å². The number of carbonyl (C=O) groups is 1. The largest absolute Gasteiger partial charge is 0.481 e. The van der Waals surface area contributed by atoms with Crippen molar-refractivity contribution in [1.29, 1.82) is 0 Å². The summed E-state index contributed by atoms with van der Waals surface area (Å²) in [6, 6.07) is 1.31. The summed E-state index contributed by atoms with van der Waals surface area (Å²) < 4.78 is 0. The predicted molar refractivity (Wildman–Crippen MR) is 64.0 cm³/mol. The van der Waals surface area contributed by atoms with Crippen LogP contribution in [0.5, 0.6) is 0 Å². The van der Waals surface area contributed by atoms with E-state index in [1.165, 1.54) is 19.4 Å². The zero-order chi connectivity index (χ0) is 11.9. The first-order chi connectivity index (χ1) is 8.17. The minimum Gasteiger partial charge on any atom is -0.481 e. The van der Waals surface area contributed by atoms with E-state index in [9.17, 15) is 4.79 Å². The van der Waals surface area contributed by atoms with Crippen LogP contribution in [-0.2, 0) is 4.79 Å². The standard InChI is InChI=1S/C12H21N3O2/c16-11(17)5-12(7-13-8-12)14-9-3-4-15(6-9)10-1-2-10/h9-10,13-14H,1-8H2,(H,16,17). The normalized spacial score (nSPS) is 32.4. The monoisotopic (exact) mass is 239 g/mol. The molecule has 2 aliphatic heterocycles. The highest BCUT2D eigenvalue weighted by Crippen LogP contribution is 2.30. The molecule has 0 spiro atoms. The topological polar surface area (TPSA) is 64.6 Å². The van der Waals surface area contributed by atoms with Crippen molar-refractivity contribution in [1.82, 2.24) is 15.5 Å². The van der Waals surface area contributed by atoms with Crippen LogP contribution in [-0.4, -0.2) is 59.8 Å². The van der Waals surface area contributed by atoms with Crippen LogP contribution in [0, 0.1) is 0 Å². The molecule has 1 atom stereocenters. The summed E-state index contributed by atoms with van der Waals surface area (Å²) in [4.78, 5) is 13.4. The number of nitrogens with one attached hydrogen (secondary N) is 2. The minimum absolute atomic E-state index is 0.184. The molecule has 5 nitrogen and oxygen atoms in total. The second-order valence-electron chi connectivity index (χ2n) is 5.81. The Balaban J connectivity index is 1.53. The molecule has 96 valence electrons. The quantitative estimate of drug-likeness (QED) is 0.611. The molecule has 3 aliphatic rings. The van der Waals surface area contributed by atoms with Crippen LogP contribution >= 0.6 is 0 Å². The van der Waals surface area contributed by atoms with Crippen LogP contribution < -0.4 is 10.6 Å². The Morgan fingerprint density at radius 2 is 2.18 bits per heavy atom. The second-order valence-corrected chi connectivity index (χ2v) is 5.81. The fraction of sp³-hybridized carbons (Fsp3) is 0.917. The van der Waals surface area contributed by atoms with Crippen molar-refractivity contribution in [3.05, 3.63) is 0 Å². The average Bonchev–Trinajstić information content (AvgIpc) is 2.96. The molecule has 0 bridgehead atoms. The van der Waals surface area contributed by atoms with Crippen molar-refractivity contribution in [2.24, 2.45) is 0 Å². The Labute approximate surface area is 102 Å². The Kier molecular flexibility index (Phi) is 2.84. The number of carboxylic acid groups (broad SMARTS) is 1. The van der Waals surface area contributed by atoms with Crippen LogP contribution in [0.2, 0.25) is 0 Å². The van der Waals surface area contributed by atoms with Crippen LogP contribution in [0.4, 0.5) is 0 Å². The number of carboxylic acids is 1. The third-order valence-electron chi connectivity index (χ3n) is 4.21. The maximum atomic E-state index is 10.9. The van der Waals surface area contributed by atoms with Gasteiger partial charge in [0.15, 0.2) is 0 Å². The lowest BCUT2D eigenvalue weighted by atomic mass is 9.87. The highest BCUT2D eigenvalue weighted by atomic mass is 16.4. The molecule has 0 aromatic heterocycles. The number of hydrogen-bond acceptors (Lipinski definition) is 4. The maximum absolute atomic E-state index is 10.9. The Morgan fingerprint density at radius 3 is 2.71 bits per heavy atom. The third-order valence-corrected chi connectivity index (χ3v) is 4.21. The van der Waals surface area contributed by atoms with E-state index in [4.69, 9.17) is 5.11 Å². The molecule has 17 heavy (non-hydrogen) atoms. The second kappa shape index (κ2) is 4.23. The van der Waals surface area contributed by atoms with Crippen molar-refractivity contribution in [3.8, 4) is 0 Å². The number of aliphatic carboxylic acids is 1. The zero-order valence-electron chi connectivity index (χ0n) is 10.1. The van der Waals surface area contributed by atoms with E-state index in [0.29, 0.717) is 6.04 Å². The summed E-state index contributed by atoms with van der Waals surface area (Å²) >= 11 is 0. The van der Waals surface area contributed by atoms with Crippen LogP contribution in [0.25, 0.3) is 0 Å². The lowest BCUT2D eigenvalue weighted by molar-refractivity contribution is -0.139. The molecule has 5 heteroatoms. The SMILES string of the molecule is O=C(O)CC1(NC2CCN(C3CC3)C2)CNC1. The Bertz CT molecular complexity index is 313. The van der Waals surface area contributed by atoms with E-state index >= 15 is 0 Å². The van der Waals surface area contributed by atoms with Crippen molar-refractivity contribution in [3.63, 3.8) is 0 Å². The smallest absolute Gasteiger partial charge is 0.305 e. The molecule has 3 fully saturated rings. The van der Waals surface area contributed by atoms with Gasteiger partial charge in [-0.1, -0.05) is 0 Å². The van der Waals surface area contributed by atoms with Gasteiger partial charge in [0.1, 0.15) is 0 Å². The number of likely N-dealkylation sites (tertiary alicyclic amines) is 1. The van der Waals surface area contributed by atoms with Gasteiger partial charge in [-0.25, -0.2) is 0 Å². The van der Waals surface area contributed by atoms with E-state index < -0.39 is 5.97 Å². The maximum Gasteiger partial charge on any atom is 0.305 e. The van der Waals surface area contributed by atoms with Gasteiger partial charge < -0.3 is 15.7 Å². The molecule has 2 heterocycles. The van der Waals surface area contributed by atoms with Crippen molar-refractivity contribution in [2.75, 3.05) is 26.2 Å². The van der Waals surface area contributed by atoms with Crippen molar-refractivity contribution >= 4 is 5.97 Å². The number of rotatable bonds is 5. The molecule has 0 aromatic rings. The van der Waals surface area contributed by atoms with Gasteiger partial charge in [-0.3, -0.25) is 9.69 Å². The summed E-state index contributed by atoms with van der Waals surface area (Å²) in [5.41, 5.74) is -0.184. The number of nitrogens with zero attached hydrogens (tertiary/aromatic N) is 1.